The van der Waals surface area contributed by atoms with Crippen molar-refractivity contribution in [2.45, 2.75) is 33.0 Å². The Bertz CT molecular complexity index is 567. The highest BCUT2D eigenvalue weighted by Crippen LogP contribution is 2.32. The molecule has 0 bridgehead atoms. The average Bonchev–Trinajstić information content (AvgIpc) is 2.83. The summed E-state index contributed by atoms with van der Waals surface area (Å²) in [4.78, 5) is 3.93. The molecule has 3 nitrogen and oxygen atoms in total. The molecule has 0 aliphatic heterocycles. The van der Waals surface area contributed by atoms with Gasteiger partial charge in [0.15, 0.2) is 0 Å². The highest BCUT2D eigenvalue weighted by atomic mass is 32.1. The number of nitrogens with one attached hydrogen (secondary N) is 1. The number of thiophene rings is 1. The first kappa shape index (κ1) is 16.4. The number of rotatable bonds is 8. The Morgan fingerprint density at radius 1 is 1.33 bits per heavy atom. The van der Waals surface area contributed by atoms with Crippen LogP contribution in [0.1, 0.15) is 24.3 Å². The van der Waals surface area contributed by atoms with Gasteiger partial charge in [-0.3, -0.25) is 4.90 Å². The summed E-state index contributed by atoms with van der Waals surface area (Å²) in [5.74, 6) is 0. The molecule has 2 rings (SSSR count). The first-order chi connectivity index (χ1) is 10.2. The van der Waals surface area contributed by atoms with Crippen LogP contribution in [0, 0.1) is 0 Å². The van der Waals surface area contributed by atoms with E-state index in [2.05, 4.69) is 48.3 Å². The molecule has 1 aromatic carbocycles. The molecule has 0 saturated carbocycles. The Balaban J connectivity index is 2.32. The van der Waals surface area contributed by atoms with Crippen LogP contribution >= 0.6 is 11.3 Å². The van der Waals surface area contributed by atoms with Gasteiger partial charge in [0.25, 0.3) is 0 Å². The standard InChI is InChI=1S/C17H26N2OS/c1-5-19(13(2)12-20-4)11-15-14-8-6-7-9-16(14)21-17(15)10-18-3/h6-9,13,18H,5,10-12H2,1-4H3. The summed E-state index contributed by atoms with van der Waals surface area (Å²) < 4.78 is 6.70. The number of benzene rings is 1. The summed E-state index contributed by atoms with van der Waals surface area (Å²) in [7, 11) is 3.79. The second-order valence-corrected chi connectivity index (χ2v) is 6.53. The molecule has 0 fully saturated rings. The van der Waals surface area contributed by atoms with Crippen molar-refractivity contribution in [3.8, 4) is 0 Å². The number of hydrogen-bond donors (Lipinski definition) is 1. The molecule has 21 heavy (non-hydrogen) atoms. The van der Waals surface area contributed by atoms with Crippen LogP contribution in [0.3, 0.4) is 0 Å². The zero-order valence-electron chi connectivity index (χ0n) is 13.5. The summed E-state index contributed by atoms with van der Waals surface area (Å²) in [6.07, 6.45) is 0. The molecule has 1 atom stereocenters. The minimum atomic E-state index is 0.432. The van der Waals surface area contributed by atoms with Gasteiger partial charge in [-0.2, -0.15) is 0 Å². The van der Waals surface area contributed by atoms with Crippen LogP contribution < -0.4 is 5.32 Å². The van der Waals surface area contributed by atoms with E-state index < -0.39 is 0 Å². The van der Waals surface area contributed by atoms with Crippen molar-refractivity contribution in [1.82, 2.24) is 10.2 Å². The Morgan fingerprint density at radius 3 is 2.76 bits per heavy atom. The number of nitrogens with zero attached hydrogens (tertiary/aromatic N) is 1. The molecule has 2 aromatic rings. The fourth-order valence-electron chi connectivity index (χ4n) is 2.76. The molecular formula is C17H26N2OS. The van der Waals surface area contributed by atoms with E-state index >= 15 is 0 Å². The van der Waals surface area contributed by atoms with Crippen molar-refractivity contribution in [2.75, 3.05) is 27.3 Å². The molecule has 0 spiro atoms. The monoisotopic (exact) mass is 306 g/mol. The maximum absolute atomic E-state index is 5.32. The highest BCUT2D eigenvalue weighted by molar-refractivity contribution is 7.19. The molecule has 4 heteroatoms. The number of hydrogen-bond acceptors (Lipinski definition) is 4. The lowest BCUT2D eigenvalue weighted by Crippen LogP contribution is -2.35. The third-order valence-electron chi connectivity index (χ3n) is 3.92. The third kappa shape index (κ3) is 3.83. The number of ether oxygens (including phenoxy) is 1. The van der Waals surface area contributed by atoms with E-state index in [-0.39, 0.29) is 0 Å². The minimum Gasteiger partial charge on any atom is -0.383 e. The number of fused-ring (bicyclic) bond motifs is 1. The lowest BCUT2D eigenvalue weighted by molar-refractivity contribution is 0.0983. The van der Waals surface area contributed by atoms with Gasteiger partial charge in [-0.05, 0) is 37.5 Å². The quantitative estimate of drug-likeness (QED) is 0.808. The molecule has 116 valence electrons. The normalized spacial score (nSPS) is 13.2. The maximum Gasteiger partial charge on any atom is 0.0615 e. The number of likely N-dealkylation sites (N-methyl/N-ethyl adjacent to an activating group) is 1. The average molecular weight is 306 g/mol. The second kappa shape index (κ2) is 7.90. The van der Waals surface area contributed by atoms with Crippen molar-refractivity contribution < 1.29 is 4.74 Å². The van der Waals surface area contributed by atoms with Gasteiger partial charge in [0, 0.05) is 35.8 Å². The van der Waals surface area contributed by atoms with Crippen LogP contribution in [0.15, 0.2) is 24.3 Å². The lowest BCUT2D eigenvalue weighted by atomic mass is 10.1. The van der Waals surface area contributed by atoms with Crippen LogP contribution in [0.5, 0.6) is 0 Å². The molecule has 0 radical (unpaired) electrons. The summed E-state index contributed by atoms with van der Waals surface area (Å²) in [5.41, 5.74) is 1.47. The fraction of sp³-hybridized carbons (Fsp3) is 0.529. The molecule has 0 saturated heterocycles. The smallest absolute Gasteiger partial charge is 0.0615 e. The van der Waals surface area contributed by atoms with Gasteiger partial charge in [0.1, 0.15) is 0 Å². The van der Waals surface area contributed by atoms with Gasteiger partial charge in [0.2, 0.25) is 0 Å². The fourth-order valence-corrected chi connectivity index (χ4v) is 3.98. The van der Waals surface area contributed by atoms with Crippen LogP contribution in [0.4, 0.5) is 0 Å². The molecule has 1 aromatic heterocycles. The number of methoxy groups -OCH3 is 1. The zero-order chi connectivity index (χ0) is 15.2. The Hall–Kier alpha value is -0.940. The molecule has 0 aliphatic rings. The van der Waals surface area contributed by atoms with E-state index in [1.54, 1.807) is 7.11 Å². The minimum absolute atomic E-state index is 0.432. The molecule has 1 heterocycles. The molecule has 0 aliphatic carbocycles. The van der Waals surface area contributed by atoms with E-state index in [1.807, 2.05) is 18.4 Å². The summed E-state index contributed by atoms with van der Waals surface area (Å²) in [5, 5.41) is 4.70. The van der Waals surface area contributed by atoms with E-state index in [4.69, 9.17) is 4.74 Å². The van der Waals surface area contributed by atoms with Crippen LogP contribution in [0.25, 0.3) is 10.1 Å². The molecule has 1 N–H and O–H groups in total. The van der Waals surface area contributed by atoms with Crippen molar-refractivity contribution in [2.24, 2.45) is 0 Å². The van der Waals surface area contributed by atoms with Crippen LogP contribution in [0.2, 0.25) is 0 Å². The second-order valence-electron chi connectivity index (χ2n) is 5.40. The van der Waals surface area contributed by atoms with Crippen molar-refractivity contribution >= 4 is 21.4 Å². The Morgan fingerprint density at radius 2 is 2.10 bits per heavy atom. The summed E-state index contributed by atoms with van der Waals surface area (Å²) >= 11 is 1.91. The predicted molar refractivity (Wildman–Crippen MR) is 92.0 cm³/mol. The largest absolute Gasteiger partial charge is 0.383 e. The van der Waals surface area contributed by atoms with E-state index in [9.17, 15) is 0 Å². The van der Waals surface area contributed by atoms with E-state index in [0.717, 1.165) is 26.2 Å². The van der Waals surface area contributed by atoms with Crippen molar-refractivity contribution in [1.29, 1.82) is 0 Å². The first-order valence-electron chi connectivity index (χ1n) is 7.58. The van der Waals surface area contributed by atoms with Gasteiger partial charge < -0.3 is 10.1 Å². The zero-order valence-corrected chi connectivity index (χ0v) is 14.3. The van der Waals surface area contributed by atoms with Crippen molar-refractivity contribution in [3.05, 3.63) is 34.7 Å². The van der Waals surface area contributed by atoms with Gasteiger partial charge >= 0.3 is 0 Å². The van der Waals surface area contributed by atoms with Crippen LogP contribution in [-0.4, -0.2) is 38.3 Å². The molecule has 1 unspecified atom stereocenters. The molecular weight excluding hydrogens is 280 g/mol. The van der Waals surface area contributed by atoms with E-state index in [0.29, 0.717) is 6.04 Å². The summed E-state index contributed by atoms with van der Waals surface area (Å²) in [6, 6.07) is 9.15. The predicted octanol–water partition coefficient (Wildman–Crippen LogP) is 3.48. The summed E-state index contributed by atoms with van der Waals surface area (Å²) in [6.45, 7) is 8.19. The van der Waals surface area contributed by atoms with Crippen molar-refractivity contribution in [3.63, 3.8) is 0 Å². The topological polar surface area (TPSA) is 24.5 Å². The van der Waals surface area contributed by atoms with Crippen LogP contribution in [-0.2, 0) is 17.8 Å². The third-order valence-corrected chi connectivity index (χ3v) is 5.13. The maximum atomic E-state index is 5.32. The Kier molecular flexibility index (Phi) is 6.18. The van der Waals surface area contributed by atoms with Gasteiger partial charge in [0.05, 0.1) is 6.61 Å². The lowest BCUT2D eigenvalue weighted by Gasteiger charge is -2.27. The molecule has 0 amide bonds. The Labute approximate surface area is 131 Å². The van der Waals surface area contributed by atoms with Gasteiger partial charge in [-0.15, -0.1) is 11.3 Å². The SMILES string of the molecule is CCN(Cc1c(CNC)sc2ccccc12)C(C)COC. The van der Waals surface area contributed by atoms with Gasteiger partial charge in [-0.25, -0.2) is 0 Å². The van der Waals surface area contributed by atoms with E-state index in [1.165, 1.54) is 20.5 Å². The van der Waals surface area contributed by atoms with Gasteiger partial charge in [-0.1, -0.05) is 25.1 Å². The highest BCUT2D eigenvalue weighted by Gasteiger charge is 2.17. The first-order valence-corrected chi connectivity index (χ1v) is 8.39.